The molecule has 2 aliphatic rings. The number of nitrogens with two attached hydrogens (primary N) is 1. The molecule has 2 saturated carbocycles. The van der Waals surface area contributed by atoms with E-state index < -0.39 is 18.3 Å². The maximum Gasteiger partial charge on any atom is 2.00 e. The van der Waals surface area contributed by atoms with E-state index in [1.807, 2.05) is 57.1 Å². The molecule has 0 bridgehead atoms. The van der Waals surface area contributed by atoms with Gasteiger partial charge in [-0.3, -0.25) is 0 Å². The molecule has 4 rings (SSSR count). The van der Waals surface area contributed by atoms with Crippen molar-refractivity contribution < 1.29 is 32.1 Å². The molecule has 2 fully saturated rings. The number of fused-ring (bicyclic) bond motifs is 1. The Morgan fingerprint density at radius 3 is 2.24 bits per heavy atom. The van der Waals surface area contributed by atoms with Gasteiger partial charge in [0.05, 0.1) is 5.52 Å². The van der Waals surface area contributed by atoms with Crippen molar-refractivity contribution >= 4 is 40.2 Å². The Bertz CT molecular complexity index is 951. The number of rotatable bonds is 8. The summed E-state index contributed by atoms with van der Waals surface area (Å²) in [4.78, 5) is 24.9. The summed E-state index contributed by atoms with van der Waals surface area (Å²) in [7, 11) is 0. The van der Waals surface area contributed by atoms with E-state index in [1.165, 1.54) is 5.92 Å². The summed E-state index contributed by atoms with van der Waals surface area (Å²) in [6.45, 7) is 3.58. The van der Waals surface area contributed by atoms with Crippen LogP contribution in [0.1, 0.15) is 19.8 Å². The molecule has 0 atom stereocenters. The Morgan fingerprint density at radius 2 is 1.65 bits per heavy atom. The molecule has 8 nitrogen and oxygen atoms in total. The third-order valence-corrected chi connectivity index (χ3v) is 4.86. The largest absolute Gasteiger partial charge is 2.00 e. The topological polar surface area (TPSA) is 131 Å². The van der Waals surface area contributed by atoms with Crippen molar-refractivity contribution in [2.45, 2.75) is 19.8 Å². The van der Waals surface area contributed by atoms with Gasteiger partial charge in [0.25, 0.3) is 0 Å². The van der Waals surface area contributed by atoms with E-state index in [0.717, 1.165) is 18.8 Å². The Hall–Kier alpha value is -2.38. The van der Waals surface area contributed by atoms with Gasteiger partial charge in [0.2, 0.25) is 5.95 Å². The minimum absolute atomic E-state index is 0. The maximum atomic E-state index is 12.0. The summed E-state index contributed by atoms with van der Waals surface area (Å²) < 4.78 is 0. The van der Waals surface area contributed by atoms with Gasteiger partial charge in [-0.05, 0) is 102 Å². The molecule has 2 aromatic rings. The Kier molecular flexibility index (Phi) is 11.6. The normalized spacial score (nSPS) is 16.1. The van der Waals surface area contributed by atoms with Crippen LogP contribution in [0, 0.1) is 63.7 Å². The fourth-order valence-corrected chi connectivity index (χ4v) is 3.23. The van der Waals surface area contributed by atoms with Crippen molar-refractivity contribution in [1.82, 2.24) is 9.97 Å². The summed E-state index contributed by atoms with van der Waals surface area (Å²) in [5.74, 6) is -0.576. The van der Waals surface area contributed by atoms with Crippen LogP contribution in [0.15, 0.2) is 23.2 Å². The molecule has 1 aromatic heterocycles. The number of carboxylic acids is 1. The maximum absolute atomic E-state index is 12.0. The molecule has 0 saturated heterocycles. The van der Waals surface area contributed by atoms with Gasteiger partial charge >= 0.3 is 17.1 Å². The molecule has 2 aliphatic carbocycles. The molecular weight excluding hydrogens is 474 g/mol. The first-order valence-corrected chi connectivity index (χ1v) is 10.6. The average Bonchev–Trinajstić information content (AvgIpc) is 3.53. The Morgan fingerprint density at radius 1 is 1.00 bits per heavy atom. The van der Waals surface area contributed by atoms with Crippen molar-refractivity contribution in [2.75, 3.05) is 23.7 Å². The van der Waals surface area contributed by atoms with Crippen molar-refractivity contribution in [3.8, 4) is 0 Å². The second-order valence-electron chi connectivity index (χ2n) is 7.25. The van der Waals surface area contributed by atoms with E-state index in [9.17, 15) is 15.0 Å². The monoisotopic (exact) mass is 499 g/mol. The first-order chi connectivity index (χ1) is 16.0. The molecule has 9 heteroatoms. The zero-order valence-electron chi connectivity index (χ0n) is 18.7. The fourth-order valence-electron chi connectivity index (χ4n) is 3.23. The van der Waals surface area contributed by atoms with E-state index in [-0.39, 0.29) is 35.3 Å². The molecule has 2 N–H and O–H groups in total. The number of benzene rings is 1. The standard InChI is InChI=1S/C20H22N5O3.C5H5.Fe/c1-2-25(12-13-5-3-4-6-13)14-7-8-16-15(11-14)19(24-20(21)22-16)23-17(26)9-10-18(27)28;1-2-4-5-3-1;/h3-8,11H,2,9-10,12H2,1H3,(H,27,28)(H3,21,22,23,24,26);1-5H;/q;;+2/p-2. The van der Waals surface area contributed by atoms with Gasteiger partial charge in [-0.2, -0.15) is 4.98 Å². The van der Waals surface area contributed by atoms with Crippen molar-refractivity contribution in [3.63, 3.8) is 0 Å². The zero-order valence-corrected chi connectivity index (χ0v) is 19.8. The number of aliphatic carboxylic acids is 1. The summed E-state index contributed by atoms with van der Waals surface area (Å²) in [6, 6.07) is 5.61. The number of nitrogen functional groups attached to an aromatic ring is 1. The van der Waals surface area contributed by atoms with Crippen LogP contribution < -0.4 is 20.8 Å². The number of carbonyl (C=O) groups is 1. The van der Waals surface area contributed by atoms with E-state index >= 15 is 0 Å². The van der Waals surface area contributed by atoms with E-state index in [1.54, 1.807) is 6.07 Å². The first-order valence-electron chi connectivity index (χ1n) is 10.6. The predicted octanol–water partition coefficient (Wildman–Crippen LogP) is 1.38. The SMILES string of the molecule is CCN(C[C]1[CH][CH][CH][CH]1)c1ccc2nc(N)nc(N=C([O-])CCC(=O)[O-])c2c1.[CH]1[CH][CH][CH][CH]1.[Fe+2]. The fraction of sp³-hybridized carbons (Fsp3) is 0.200. The van der Waals surface area contributed by atoms with Crippen molar-refractivity contribution in [2.24, 2.45) is 4.99 Å². The van der Waals surface area contributed by atoms with Gasteiger partial charge in [-0.15, -0.1) is 0 Å². The predicted molar refractivity (Wildman–Crippen MR) is 125 cm³/mol. The van der Waals surface area contributed by atoms with E-state index in [0.29, 0.717) is 10.9 Å². The molecule has 0 spiro atoms. The molecule has 1 heterocycles. The number of hydrogen-bond acceptors (Lipinski definition) is 8. The summed E-state index contributed by atoms with van der Waals surface area (Å²) in [5, 5.41) is 23.1. The number of nitrogens with zero attached hydrogens (tertiary/aromatic N) is 4. The number of aromatic nitrogens is 2. The minimum Gasteiger partial charge on any atom is -0.862 e. The molecule has 10 radical (unpaired) electrons. The zero-order chi connectivity index (χ0) is 23.6. The smallest absolute Gasteiger partial charge is 0.862 e. The van der Waals surface area contributed by atoms with Gasteiger partial charge in [0.1, 0.15) is 0 Å². The van der Waals surface area contributed by atoms with Crippen LogP contribution in [0.4, 0.5) is 17.5 Å². The molecule has 176 valence electrons. The Labute approximate surface area is 212 Å². The summed E-state index contributed by atoms with van der Waals surface area (Å²) in [6.07, 6.45) is 17.5. The van der Waals surface area contributed by atoms with E-state index in [2.05, 4.69) is 39.6 Å². The van der Waals surface area contributed by atoms with Gasteiger partial charge < -0.3 is 25.6 Å². The quantitative estimate of drug-likeness (QED) is 0.330. The second kappa shape index (κ2) is 14.1. The van der Waals surface area contributed by atoms with Crippen molar-refractivity contribution in [3.05, 3.63) is 81.9 Å². The third-order valence-electron chi connectivity index (χ3n) is 4.86. The second-order valence-corrected chi connectivity index (χ2v) is 7.25. The molecule has 0 aliphatic heterocycles. The van der Waals surface area contributed by atoms with Crippen LogP contribution in [-0.2, 0) is 21.9 Å². The van der Waals surface area contributed by atoms with Gasteiger partial charge in [-0.1, -0.05) is 0 Å². The van der Waals surface area contributed by atoms with Crippen LogP contribution in [0.5, 0.6) is 0 Å². The molecule has 34 heavy (non-hydrogen) atoms. The molecule has 0 amide bonds. The molecular formula is C25H25FeN5O3. The Balaban J connectivity index is 0.000000603. The van der Waals surface area contributed by atoms with Crippen LogP contribution in [-0.4, -0.2) is 34.9 Å². The average molecular weight is 499 g/mol. The van der Waals surface area contributed by atoms with Crippen LogP contribution >= 0.6 is 0 Å². The first kappa shape index (κ1) is 27.9. The van der Waals surface area contributed by atoms with Gasteiger partial charge in [0, 0.05) is 36.1 Å². The summed E-state index contributed by atoms with van der Waals surface area (Å²) in [5.41, 5.74) is 7.22. The van der Waals surface area contributed by atoms with Crippen LogP contribution in [0.2, 0.25) is 0 Å². The summed E-state index contributed by atoms with van der Waals surface area (Å²) >= 11 is 0. The number of carbonyl (C=O) groups excluding carboxylic acids is 1. The van der Waals surface area contributed by atoms with Gasteiger partial charge in [-0.25, -0.2) is 9.98 Å². The van der Waals surface area contributed by atoms with E-state index in [4.69, 9.17) is 5.73 Å². The van der Waals surface area contributed by atoms with Crippen LogP contribution in [0.3, 0.4) is 0 Å². The number of hydrogen-bond donors (Lipinski definition) is 1. The molecule has 1 aromatic carbocycles. The number of carboxylic acid groups (broad SMARTS) is 1. The minimum atomic E-state index is -1.30. The number of aliphatic imine (C=N–C) groups is 1. The van der Waals surface area contributed by atoms with Crippen molar-refractivity contribution in [1.29, 1.82) is 0 Å². The van der Waals surface area contributed by atoms with Crippen LogP contribution in [0.25, 0.3) is 10.9 Å². The third kappa shape index (κ3) is 8.44. The van der Waals surface area contributed by atoms with Gasteiger partial charge in [0.15, 0.2) is 5.82 Å². The molecule has 0 unspecified atom stereocenters. The number of anilines is 2.